The predicted molar refractivity (Wildman–Crippen MR) is 93.8 cm³/mol. The Balaban J connectivity index is 1.54. The van der Waals surface area contributed by atoms with Gasteiger partial charge in [0.05, 0.1) is 0 Å². The van der Waals surface area contributed by atoms with Crippen LogP contribution < -0.4 is 19.5 Å². The van der Waals surface area contributed by atoms with E-state index in [1.165, 1.54) is 0 Å². The number of carboxylic acid groups (broad SMARTS) is 1. The molecule has 2 aromatic rings. The Hall–Kier alpha value is -2.29. The van der Waals surface area contributed by atoms with E-state index in [-0.39, 0.29) is 13.2 Å². The van der Waals surface area contributed by atoms with E-state index < -0.39 is 12.1 Å². The summed E-state index contributed by atoms with van der Waals surface area (Å²) in [6.45, 7) is 1.29. The fourth-order valence-electron chi connectivity index (χ4n) is 1.87. The Bertz CT molecular complexity index is 617. The molecule has 8 heteroatoms. The molecule has 136 valence electrons. The van der Waals surface area contributed by atoms with Crippen LogP contribution in [0.3, 0.4) is 0 Å². The maximum Gasteiger partial charge on any atom is 0.341 e. The van der Waals surface area contributed by atoms with Crippen LogP contribution in [0.2, 0.25) is 0 Å². The summed E-state index contributed by atoms with van der Waals surface area (Å²) < 4.78 is 16.0. The molecule has 7 nitrogen and oxygen atoms in total. The van der Waals surface area contributed by atoms with Gasteiger partial charge < -0.3 is 29.7 Å². The highest BCUT2D eigenvalue weighted by molar-refractivity contribution is 7.08. The molecular weight excluding hydrogens is 346 g/mol. The van der Waals surface area contributed by atoms with Gasteiger partial charge in [0, 0.05) is 18.5 Å². The summed E-state index contributed by atoms with van der Waals surface area (Å²) in [5.41, 5.74) is 0. The van der Waals surface area contributed by atoms with Crippen LogP contribution in [0.15, 0.2) is 41.1 Å². The largest absolute Gasteiger partial charge is 0.492 e. The van der Waals surface area contributed by atoms with Gasteiger partial charge in [-0.25, -0.2) is 4.79 Å². The van der Waals surface area contributed by atoms with Gasteiger partial charge in [0.2, 0.25) is 0 Å². The van der Waals surface area contributed by atoms with Crippen molar-refractivity contribution in [3.8, 4) is 17.2 Å². The Morgan fingerprint density at radius 3 is 2.44 bits per heavy atom. The number of hydrogen-bond acceptors (Lipinski definition) is 7. The van der Waals surface area contributed by atoms with Crippen molar-refractivity contribution in [1.82, 2.24) is 5.32 Å². The lowest BCUT2D eigenvalue weighted by molar-refractivity contribution is -0.139. The Morgan fingerprint density at radius 2 is 1.80 bits per heavy atom. The van der Waals surface area contributed by atoms with Crippen LogP contribution in [0.1, 0.15) is 0 Å². The molecule has 0 radical (unpaired) electrons. The smallest absolute Gasteiger partial charge is 0.341 e. The minimum Gasteiger partial charge on any atom is -0.492 e. The highest BCUT2D eigenvalue weighted by atomic mass is 32.1. The highest BCUT2D eigenvalue weighted by Crippen LogP contribution is 2.17. The minimum absolute atomic E-state index is 0.238. The van der Waals surface area contributed by atoms with Crippen molar-refractivity contribution in [2.45, 2.75) is 6.10 Å². The number of carbonyl (C=O) groups is 1. The Labute approximate surface area is 149 Å². The number of aliphatic hydroxyl groups excluding tert-OH is 1. The second-order valence-electron chi connectivity index (χ2n) is 5.13. The van der Waals surface area contributed by atoms with E-state index in [2.05, 4.69) is 5.32 Å². The molecule has 3 N–H and O–H groups in total. The molecule has 0 saturated heterocycles. The molecule has 0 aliphatic heterocycles. The van der Waals surface area contributed by atoms with E-state index in [9.17, 15) is 9.90 Å². The number of hydrogen-bond donors (Lipinski definition) is 3. The lowest BCUT2D eigenvalue weighted by Crippen LogP contribution is -2.33. The molecule has 0 aliphatic rings. The van der Waals surface area contributed by atoms with Crippen LogP contribution in [-0.4, -0.2) is 55.2 Å². The summed E-state index contributed by atoms with van der Waals surface area (Å²) in [5, 5.41) is 25.2. The fourth-order valence-corrected chi connectivity index (χ4v) is 2.44. The van der Waals surface area contributed by atoms with Crippen molar-refractivity contribution >= 4 is 17.3 Å². The number of nitrogens with one attached hydrogen (secondary N) is 1. The summed E-state index contributed by atoms with van der Waals surface area (Å²) in [7, 11) is 0. The highest BCUT2D eigenvalue weighted by Gasteiger charge is 2.05. The standard InChI is InChI=1S/C17H21NO6S/c19-13(10-23-16-5-8-25-12-16)9-18-6-7-22-14-1-3-15(4-2-14)24-11-17(20)21/h1-5,8,12-13,18-19H,6-7,9-11H2,(H,20,21). The number of carboxylic acids is 1. The first-order valence-electron chi connectivity index (χ1n) is 7.74. The van der Waals surface area contributed by atoms with Crippen LogP contribution >= 0.6 is 11.3 Å². The van der Waals surface area contributed by atoms with E-state index in [0.29, 0.717) is 31.2 Å². The normalized spacial score (nSPS) is 11.7. The Morgan fingerprint density at radius 1 is 1.08 bits per heavy atom. The first-order chi connectivity index (χ1) is 12.1. The van der Waals surface area contributed by atoms with Gasteiger partial charge in [-0.3, -0.25) is 0 Å². The number of aliphatic hydroxyl groups is 1. The predicted octanol–water partition coefficient (Wildman–Crippen LogP) is 1.62. The van der Waals surface area contributed by atoms with Crippen molar-refractivity contribution in [2.24, 2.45) is 0 Å². The second-order valence-corrected chi connectivity index (χ2v) is 5.91. The van der Waals surface area contributed by atoms with Crippen LogP contribution in [0.4, 0.5) is 0 Å². The van der Waals surface area contributed by atoms with Crippen molar-refractivity contribution in [1.29, 1.82) is 0 Å². The summed E-state index contributed by atoms with van der Waals surface area (Å²) in [4.78, 5) is 10.4. The third kappa shape index (κ3) is 7.88. The number of aliphatic carboxylic acids is 1. The molecule has 1 aromatic heterocycles. The Kier molecular flexibility index (Phi) is 8.03. The van der Waals surface area contributed by atoms with E-state index in [1.54, 1.807) is 35.6 Å². The summed E-state index contributed by atoms with van der Waals surface area (Å²) in [6, 6.07) is 8.58. The van der Waals surface area contributed by atoms with E-state index in [4.69, 9.17) is 19.3 Å². The van der Waals surface area contributed by atoms with Crippen molar-refractivity contribution < 1.29 is 29.2 Å². The van der Waals surface area contributed by atoms with Crippen LogP contribution in [-0.2, 0) is 4.79 Å². The lowest BCUT2D eigenvalue weighted by Gasteiger charge is -2.13. The van der Waals surface area contributed by atoms with Gasteiger partial charge in [-0.15, -0.1) is 11.3 Å². The molecule has 2 rings (SSSR count). The average Bonchev–Trinajstić information content (AvgIpc) is 3.12. The third-order valence-corrected chi connectivity index (χ3v) is 3.71. The molecule has 1 heterocycles. The van der Waals surface area contributed by atoms with Crippen LogP contribution in [0, 0.1) is 0 Å². The summed E-state index contributed by atoms with van der Waals surface area (Å²) in [5.74, 6) is 0.880. The number of thiophene rings is 1. The van der Waals surface area contributed by atoms with Gasteiger partial charge in [-0.2, -0.15) is 0 Å². The average molecular weight is 367 g/mol. The maximum absolute atomic E-state index is 10.4. The van der Waals surface area contributed by atoms with Gasteiger partial charge in [-0.1, -0.05) is 0 Å². The number of ether oxygens (including phenoxy) is 3. The molecule has 25 heavy (non-hydrogen) atoms. The van der Waals surface area contributed by atoms with Gasteiger partial charge >= 0.3 is 5.97 Å². The zero-order valence-corrected chi connectivity index (χ0v) is 14.4. The van der Waals surface area contributed by atoms with E-state index >= 15 is 0 Å². The molecule has 0 aliphatic carbocycles. The lowest BCUT2D eigenvalue weighted by atomic mass is 10.3. The second kappa shape index (κ2) is 10.5. The minimum atomic E-state index is -1.02. The quantitative estimate of drug-likeness (QED) is 0.491. The molecule has 0 fully saturated rings. The monoisotopic (exact) mass is 367 g/mol. The van der Waals surface area contributed by atoms with Crippen molar-refractivity contribution in [3.63, 3.8) is 0 Å². The van der Waals surface area contributed by atoms with Gasteiger partial charge in [0.25, 0.3) is 0 Å². The number of benzene rings is 1. The molecule has 0 saturated carbocycles. The first-order valence-corrected chi connectivity index (χ1v) is 8.69. The number of rotatable bonds is 12. The van der Waals surface area contributed by atoms with Crippen molar-refractivity contribution in [2.75, 3.05) is 32.9 Å². The molecule has 1 unspecified atom stereocenters. The molecule has 1 atom stereocenters. The third-order valence-electron chi connectivity index (χ3n) is 3.05. The zero-order chi connectivity index (χ0) is 17.9. The van der Waals surface area contributed by atoms with Gasteiger partial charge in [-0.05, 0) is 35.7 Å². The molecular formula is C17H21NO6S. The molecule has 0 amide bonds. The van der Waals surface area contributed by atoms with Gasteiger partial charge in [0.15, 0.2) is 6.61 Å². The molecule has 1 aromatic carbocycles. The maximum atomic E-state index is 10.4. The first kappa shape index (κ1) is 19.0. The molecule has 0 bridgehead atoms. The summed E-state index contributed by atoms with van der Waals surface area (Å²) in [6.07, 6.45) is -0.592. The van der Waals surface area contributed by atoms with E-state index in [1.807, 2.05) is 16.8 Å². The SMILES string of the molecule is O=C(O)COc1ccc(OCCNCC(O)COc2ccsc2)cc1. The van der Waals surface area contributed by atoms with Crippen LogP contribution in [0.5, 0.6) is 17.2 Å². The topological polar surface area (TPSA) is 97.3 Å². The fraction of sp³-hybridized carbons (Fsp3) is 0.353. The van der Waals surface area contributed by atoms with Crippen molar-refractivity contribution in [3.05, 3.63) is 41.1 Å². The molecule has 0 spiro atoms. The van der Waals surface area contributed by atoms with Gasteiger partial charge in [0.1, 0.15) is 36.6 Å². The summed E-state index contributed by atoms with van der Waals surface area (Å²) >= 11 is 1.55. The zero-order valence-electron chi connectivity index (χ0n) is 13.6. The van der Waals surface area contributed by atoms with E-state index in [0.717, 1.165) is 5.75 Å². The van der Waals surface area contributed by atoms with Crippen LogP contribution in [0.25, 0.3) is 0 Å².